The fourth-order valence-electron chi connectivity index (χ4n) is 3.23. The first-order valence-corrected chi connectivity index (χ1v) is 9.90. The third-order valence-electron chi connectivity index (χ3n) is 4.64. The van der Waals surface area contributed by atoms with Gasteiger partial charge < -0.3 is 10.6 Å². The minimum Gasteiger partial charge on any atom is -0.385 e. The smallest absolute Gasteiger partial charge is 0.170 e. The van der Waals surface area contributed by atoms with Crippen LogP contribution in [-0.4, -0.2) is 12.6 Å². The lowest BCUT2D eigenvalue weighted by atomic mass is 9.97. The number of benzene rings is 3. The highest BCUT2D eigenvalue weighted by molar-refractivity contribution is 5.85. The lowest BCUT2D eigenvalue weighted by molar-refractivity contribution is 0.463. The van der Waals surface area contributed by atoms with Gasteiger partial charge in [-0.25, -0.2) is 17.6 Å². The molecule has 0 aromatic heterocycles. The molecule has 8 heteroatoms. The fourth-order valence-corrected chi connectivity index (χ4v) is 3.23. The minimum absolute atomic E-state index is 0. The highest BCUT2D eigenvalue weighted by Gasteiger charge is 2.27. The van der Waals surface area contributed by atoms with E-state index in [-0.39, 0.29) is 42.0 Å². The average Bonchev–Trinajstić information content (AvgIpc) is 2.73. The lowest BCUT2D eigenvalue weighted by Gasteiger charge is -2.14. The monoisotopic (exact) mass is 488 g/mol. The van der Waals surface area contributed by atoms with Gasteiger partial charge in [-0.3, -0.25) is 0 Å². The Labute approximate surface area is 198 Å². The van der Waals surface area contributed by atoms with Crippen LogP contribution in [0.3, 0.4) is 0 Å². The molecule has 32 heavy (non-hydrogen) atoms. The van der Waals surface area contributed by atoms with E-state index in [4.69, 9.17) is 0 Å². The normalized spacial score (nSPS) is 10.4. The Bertz CT molecular complexity index is 995. The highest BCUT2D eigenvalue weighted by Crippen LogP contribution is 2.37. The third kappa shape index (κ3) is 5.87. The first kappa shape index (κ1) is 27.6. The number of nitrogens with one attached hydrogen (secondary N) is 2. The predicted octanol–water partition coefficient (Wildman–Crippen LogP) is 8.06. The second-order valence-electron chi connectivity index (χ2n) is 7.39. The van der Waals surface area contributed by atoms with Crippen molar-refractivity contribution in [3.63, 3.8) is 0 Å². The molecule has 0 unspecified atom stereocenters. The maximum atomic E-state index is 14.8. The van der Waals surface area contributed by atoms with E-state index in [2.05, 4.69) is 10.6 Å². The zero-order valence-corrected chi connectivity index (χ0v) is 19.6. The lowest BCUT2D eigenvalue weighted by Crippen LogP contribution is -2.09. The Morgan fingerprint density at radius 3 is 1.38 bits per heavy atom. The number of hydrogen-bond acceptors (Lipinski definition) is 2. The standard InChI is InChI=1S/C24H24F4N2.2ClH/c1-4-13-29-17-9-5-15(6-10-17)19-21(25)23(27)20(24(28)22(19)26)16-7-11-18(12-8-16)30-14(2)3;;/h5-12,14,29-30H,4,13H2,1-3H3;2*1H. The molecule has 0 bridgehead atoms. The van der Waals surface area contributed by atoms with Crippen molar-refractivity contribution in [3.8, 4) is 22.3 Å². The van der Waals surface area contributed by atoms with E-state index in [0.29, 0.717) is 0 Å². The number of halogens is 6. The molecule has 2 N–H and O–H groups in total. The van der Waals surface area contributed by atoms with Crippen molar-refractivity contribution in [3.05, 3.63) is 71.8 Å². The van der Waals surface area contributed by atoms with E-state index < -0.39 is 34.4 Å². The van der Waals surface area contributed by atoms with E-state index in [1.54, 1.807) is 24.3 Å². The summed E-state index contributed by atoms with van der Waals surface area (Å²) in [6.45, 7) is 6.64. The van der Waals surface area contributed by atoms with Gasteiger partial charge in [0.15, 0.2) is 23.3 Å². The number of hydrogen-bond donors (Lipinski definition) is 2. The summed E-state index contributed by atoms with van der Waals surface area (Å²) in [4.78, 5) is 0. The maximum absolute atomic E-state index is 14.8. The summed E-state index contributed by atoms with van der Waals surface area (Å²) in [6, 6.07) is 12.4. The zero-order valence-electron chi connectivity index (χ0n) is 17.9. The van der Waals surface area contributed by atoms with E-state index in [1.807, 2.05) is 20.8 Å². The molecule has 0 amide bonds. The summed E-state index contributed by atoms with van der Waals surface area (Å²) >= 11 is 0. The molecule has 0 aliphatic rings. The van der Waals surface area contributed by atoms with Crippen molar-refractivity contribution < 1.29 is 17.6 Å². The molecule has 0 aliphatic heterocycles. The largest absolute Gasteiger partial charge is 0.385 e. The van der Waals surface area contributed by atoms with Crippen molar-refractivity contribution in [2.75, 3.05) is 17.2 Å². The van der Waals surface area contributed by atoms with Crippen LogP contribution in [0.25, 0.3) is 22.3 Å². The Morgan fingerprint density at radius 2 is 1.03 bits per heavy atom. The van der Waals surface area contributed by atoms with Gasteiger partial charge >= 0.3 is 0 Å². The summed E-state index contributed by atoms with van der Waals surface area (Å²) in [5.74, 6) is -5.66. The first-order valence-electron chi connectivity index (χ1n) is 9.90. The van der Waals surface area contributed by atoms with Crippen LogP contribution in [0.1, 0.15) is 27.2 Å². The Hall–Kier alpha value is -2.44. The molecule has 3 rings (SSSR count). The predicted molar refractivity (Wildman–Crippen MR) is 129 cm³/mol. The third-order valence-corrected chi connectivity index (χ3v) is 4.64. The van der Waals surface area contributed by atoms with Crippen molar-refractivity contribution in [1.29, 1.82) is 0 Å². The summed E-state index contributed by atoms with van der Waals surface area (Å²) in [5, 5.41) is 6.27. The van der Waals surface area contributed by atoms with E-state index in [1.165, 1.54) is 24.3 Å². The van der Waals surface area contributed by atoms with Crippen molar-refractivity contribution in [2.45, 2.75) is 33.2 Å². The van der Waals surface area contributed by atoms with E-state index in [0.717, 1.165) is 24.3 Å². The van der Waals surface area contributed by atoms with Crippen LogP contribution in [0, 0.1) is 23.3 Å². The van der Waals surface area contributed by atoms with Gasteiger partial charge in [0, 0.05) is 24.0 Å². The molecule has 174 valence electrons. The van der Waals surface area contributed by atoms with Crippen LogP contribution in [0.2, 0.25) is 0 Å². The van der Waals surface area contributed by atoms with Gasteiger partial charge in [0.05, 0.1) is 11.1 Å². The van der Waals surface area contributed by atoms with E-state index >= 15 is 0 Å². The van der Waals surface area contributed by atoms with Crippen LogP contribution >= 0.6 is 24.8 Å². The van der Waals surface area contributed by atoms with Crippen LogP contribution in [0.15, 0.2) is 48.5 Å². The SMILES string of the molecule is CCCNc1ccc(-c2c(F)c(F)c(-c3ccc(NC(C)C)cc3)c(F)c2F)cc1.Cl.Cl. The van der Waals surface area contributed by atoms with Crippen molar-refractivity contribution in [1.82, 2.24) is 0 Å². The van der Waals surface area contributed by atoms with Crippen LogP contribution in [-0.2, 0) is 0 Å². The zero-order chi connectivity index (χ0) is 21.8. The second-order valence-corrected chi connectivity index (χ2v) is 7.39. The molecular weight excluding hydrogens is 463 g/mol. The van der Waals surface area contributed by atoms with E-state index in [9.17, 15) is 17.6 Å². The molecule has 0 radical (unpaired) electrons. The summed E-state index contributed by atoms with van der Waals surface area (Å²) in [6.07, 6.45) is 0.914. The topological polar surface area (TPSA) is 24.1 Å². The Morgan fingerprint density at radius 1 is 0.656 bits per heavy atom. The molecule has 0 spiro atoms. The molecular formula is C24H26Cl2F4N2. The summed E-state index contributed by atoms with van der Waals surface area (Å²) < 4.78 is 59.3. The van der Waals surface area contributed by atoms with Gasteiger partial charge in [0.2, 0.25) is 0 Å². The van der Waals surface area contributed by atoms with Crippen LogP contribution < -0.4 is 10.6 Å². The molecule has 0 saturated heterocycles. The van der Waals surface area contributed by atoms with Crippen molar-refractivity contribution in [2.24, 2.45) is 0 Å². The van der Waals surface area contributed by atoms with Gasteiger partial charge in [-0.2, -0.15) is 0 Å². The molecule has 0 atom stereocenters. The van der Waals surface area contributed by atoms with Crippen LogP contribution in [0.5, 0.6) is 0 Å². The van der Waals surface area contributed by atoms with Gasteiger partial charge in [0.1, 0.15) is 0 Å². The molecule has 0 saturated carbocycles. The number of rotatable bonds is 7. The molecule has 2 nitrogen and oxygen atoms in total. The summed E-state index contributed by atoms with van der Waals surface area (Å²) in [5.41, 5.74) is 0.189. The quantitative estimate of drug-likeness (QED) is 0.259. The highest BCUT2D eigenvalue weighted by atomic mass is 35.5. The van der Waals surface area contributed by atoms with Gasteiger partial charge in [-0.05, 0) is 55.7 Å². The maximum Gasteiger partial charge on any atom is 0.170 e. The molecule has 3 aromatic carbocycles. The Kier molecular flexibility index (Phi) is 10.3. The van der Waals surface area contributed by atoms with Gasteiger partial charge in [-0.15, -0.1) is 24.8 Å². The first-order chi connectivity index (χ1) is 14.3. The van der Waals surface area contributed by atoms with Crippen LogP contribution in [0.4, 0.5) is 28.9 Å². The molecule has 0 fully saturated rings. The van der Waals surface area contributed by atoms with Gasteiger partial charge in [-0.1, -0.05) is 31.2 Å². The molecule has 0 aliphatic carbocycles. The fraction of sp³-hybridized carbons (Fsp3) is 0.250. The summed E-state index contributed by atoms with van der Waals surface area (Å²) in [7, 11) is 0. The van der Waals surface area contributed by atoms with Gasteiger partial charge in [0.25, 0.3) is 0 Å². The molecule has 0 heterocycles. The Balaban J connectivity index is 0.00000256. The second kappa shape index (κ2) is 12.0. The minimum atomic E-state index is -1.42. The number of anilines is 2. The average molecular weight is 489 g/mol. The molecule has 3 aromatic rings. The van der Waals surface area contributed by atoms with Crippen molar-refractivity contribution >= 4 is 36.2 Å².